The number of nitrogens with one attached hydrogen (secondary N) is 1. The number of methoxy groups -OCH3 is 2. The van der Waals surface area contributed by atoms with E-state index in [1.54, 1.807) is 20.5 Å². The van der Waals surface area contributed by atoms with Crippen molar-refractivity contribution in [3.8, 4) is 11.5 Å². The maximum Gasteiger partial charge on any atom is 0.198 e. The molecular formula is C14H16ClNO3. The van der Waals surface area contributed by atoms with Gasteiger partial charge in [-0.1, -0.05) is 6.07 Å². The topological polar surface area (TPSA) is 43.6 Å². The van der Waals surface area contributed by atoms with Gasteiger partial charge in [-0.15, -0.1) is 0 Å². The summed E-state index contributed by atoms with van der Waals surface area (Å²) in [5, 5.41) is 3.56. The molecule has 1 aromatic carbocycles. The summed E-state index contributed by atoms with van der Waals surface area (Å²) < 4.78 is 16.0. The second kappa shape index (κ2) is 5.99. The van der Waals surface area contributed by atoms with Gasteiger partial charge in [0.15, 0.2) is 5.22 Å². The van der Waals surface area contributed by atoms with E-state index < -0.39 is 0 Å². The van der Waals surface area contributed by atoms with Crippen LogP contribution in [0.3, 0.4) is 0 Å². The summed E-state index contributed by atoms with van der Waals surface area (Å²) >= 11 is 6.07. The Morgan fingerprint density at radius 2 is 1.79 bits per heavy atom. The van der Waals surface area contributed by atoms with Gasteiger partial charge in [-0.05, 0) is 36.8 Å². The van der Waals surface area contributed by atoms with Crippen molar-refractivity contribution < 1.29 is 13.9 Å². The van der Waals surface area contributed by atoms with Crippen molar-refractivity contribution in [2.45, 2.75) is 6.04 Å². The van der Waals surface area contributed by atoms with E-state index in [-0.39, 0.29) is 6.04 Å². The normalized spacial score (nSPS) is 12.2. The molecule has 1 atom stereocenters. The molecule has 2 aromatic rings. The van der Waals surface area contributed by atoms with Crippen molar-refractivity contribution >= 4 is 11.6 Å². The van der Waals surface area contributed by atoms with Crippen molar-refractivity contribution in [3.05, 3.63) is 46.9 Å². The molecule has 1 aromatic heterocycles. The van der Waals surface area contributed by atoms with Gasteiger partial charge in [-0.3, -0.25) is 0 Å². The standard InChI is InChI=1S/C14H16ClNO3/c1-16-13(9-7-8-19-14(9)15)12-10(17-2)5-4-6-11(12)18-3/h4-8,13,16H,1-3H3. The highest BCUT2D eigenvalue weighted by atomic mass is 35.5. The van der Waals surface area contributed by atoms with Crippen molar-refractivity contribution in [1.29, 1.82) is 0 Å². The Balaban J connectivity index is 2.57. The first-order valence-corrected chi connectivity index (χ1v) is 6.21. The molecule has 0 fully saturated rings. The minimum atomic E-state index is -0.169. The van der Waals surface area contributed by atoms with Crippen LogP contribution in [0.1, 0.15) is 17.2 Å². The lowest BCUT2D eigenvalue weighted by molar-refractivity contribution is 0.378. The predicted molar refractivity (Wildman–Crippen MR) is 74.2 cm³/mol. The zero-order chi connectivity index (χ0) is 13.8. The van der Waals surface area contributed by atoms with Gasteiger partial charge in [0.05, 0.1) is 32.1 Å². The van der Waals surface area contributed by atoms with E-state index in [0.717, 1.165) is 22.6 Å². The van der Waals surface area contributed by atoms with Crippen LogP contribution < -0.4 is 14.8 Å². The molecule has 0 saturated carbocycles. The second-order valence-electron chi connectivity index (χ2n) is 3.95. The van der Waals surface area contributed by atoms with Crippen LogP contribution >= 0.6 is 11.6 Å². The molecule has 0 aliphatic carbocycles. The first-order chi connectivity index (χ1) is 9.22. The molecule has 1 unspecified atom stereocenters. The lowest BCUT2D eigenvalue weighted by Crippen LogP contribution is -2.19. The number of rotatable bonds is 5. The molecular weight excluding hydrogens is 266 g/mol. The summed E-state index contributed by atoms with van der Waals surface area (Å²) in [6.07, 6.45) is 1.56. The highest BCUT2D eigenvalue weighted by Crippen LogP contribution is 2.39. The lowest BCUT2D eigenvalue weighted by atomic mass is 9.99. The maximum absolute atomic E-state index is 6.07. The van der Waals surface area contributed by atoms with E-state index >= 15 is 0 Å². The fourth-order valence-corrected chi connectivity index (χ4v) is 2.35. The Morgan fingerprint density at radius 1 is 1.16 bits per heavy atom. The molecule has 0 spiro atoms. The monoisotopic (exact) mass is 281 g/mol. The van der Waals surface area contributed by atoms with Crippen LogP contribution in [0.25, 0.3) is 0 Å². The molecule has 19 heavy (non-hydrogen) atoms. The molecule has 0 bridgehead atoms. The molecule has 0 aliphatic rings. The lowest BCUT2D eigenvalue weighted by Gasteiger charge is -2.21. The largest absolute Gasteiger partial charge is 0.496 e. The molecule has 0 radical (unpaired) electrons. The number of hydrogen-bond acceptors (Lipinski definition) is 4. The van der Waals surface area contributed by atoms with Crippen LogP contribution in [0.4, 0.5) is 0 Å². The summed E-state index contributed by atoms with van der Waals surface area (Å²) in [5.41, 5.74) is 1.73. The SMILES string of the molecule is CNC(c1ccoc1Cl)c1c(OC)cccc1OC. The Labute approximate surface area is 117 Å². The zero-order valence-corrected chi connectivity index (χ0v) is 11.8. The highest BCUT2D eigenvalue weighted by molar-refractivity contribution is 6.29. The van der Waals surface area contributed by atoms with Gasteiger partial charge in [0.2, 0.25) is 0 Å². The van der Waals surface area contributed by atoms with Crippen LogP contribution in [0.5, 0.6) is 11.5 Å². The van der Waals surface area contributed by atoms with E-state index in [4.69, 9.17) is 25.5 Å². The molecule has 0 aliphatic heterocycles. The van der Waals surface area contributed by atoms with E-state index in [0.29, 0.717) is 5.22 Å². The third-order valence-corrected chi connectivity index (χ3v) is 3.31. The summed E-state index contributed by atoms with van der Waals surface area (Å²) in [6.45, 7) is 0. The second-order valence-corrected chi connectivity index (χ2v) is 4.29. The fourth-order valence-electron chi connectivity index (χ4n) is 2.13. The summed E-state index contributed by atoms with van der Waals surface area (Å²) in [6, 6.07) is 7.31. The van der Waals surface area contributed by atoms with E-state index in [9.17, 15) is 0 Å². The molecule has 4 nitrogen and oxygen atoms in total. The van der Waals surface area contributed by atoms with Gasteiger partial charge >= 0.3 is 0 Å². The first kappa shape index (κ1) is 13.8. The van der Waals surface area contributed by atoms with Gasteiger partial charge in [0.25, 0.3) is 0 Å². The number of hydrogen-bond donors (Lipinski definition) is 1. The molecule has 102 valence electrons. The molecule has 1 heterocycles. The van der Waals surface area contributed by atoms with Crippen molar-refractivity contribution in [2.24, 2.45) is 0 Å². The fraction of sp³-hybridized carbons (Fsp3) is 0.286. The molecule has 5 heteroatoms. The zero-order valence-electron chi connectivity index (χ0n) is 11.1. The molecule has 1 N–H and O–H groups in total. The summed E-state index contributed by atoms with van der Waals surface area (Å²) in [5.74, 6) is 1.46. The van der Waals surface area contributed by atoms with E-state index in [2.05, 4.69) is 5.32 Å². The number of ether oxygens (including phenoxy) is 2. The van der Waals surface area contributed by atoms with Crippen LogP contribution in [0.15, 0.2) is 34.9 Å². The average Bonchev–Trinajstić information content (AvgIpc) is 2.86. The molecule has 2 rings (SSSR count). The highest BCUT2D eigenvalue weighted by Gasteiger charge is 2.24. The average molecular weight is 282 g/mol. The minimum Gasteiger partial charge on any atom is -0.496 e. The van der Waals surface area contributed by atoms with Crippen LogP contribution in [-0.4, -0.2) is 21.3 Å². The number of furan rings is 1. The van der Waals surface area contributed by atoms with Gasteiger partial charge < -0.3 is 19.2 Å². The smallest absolute Gasteiger partial charge is 0.198 e. The Kier molecular flexibility index (Phi) is 4.35. The molecule has 0 saturated heterocycles. The predicted octanol–water partition coefficient (Wildman–Crippen LogP) is 3.26. The van der Waals surface area contributed by atoms with Gasteiger partial charge in [0, 0.05) is 5.56 Å². The van der Waals surface area contributed by atoms with Crippen molar-refractivity contribution in [1.82, 2.24) is 5.32 Å². The first-order valence-electron chi connectivity index (χ1n) is 5.84. The van der Waals surface area contributed by atoms with Gasteiger partial charge in [-0.25, -0.2) is 0 Å². The summed E-state index contributed by atoms with van der Waals surface area (Å²) in [7, 11) is 5.10. The van der Waals surface area contributed by atoms with E-state index in [1.807, 2.05) is 31.3 Å². The summed E-state index contributed by atoms with van der Waals surface area (Å²) in [4.78, 5) is 0. The Hall–Kier alpha value is -1.65. The van der Waals surface area contributed by atoms with Crippen LogP contribution in [-0.2, 0) is 0 Å². The van der Waals surface area contributed by atoms with Crippen molar-refractivity contribution in [2.75, 3.05) is 21.3 Å². The minimum absolute atomic E-state index is 0.169. The quantitative estimate of drug-likeness (QED) is 0.914. The van der Waals surface area contributed by atoms with Gasteiger partial charge in [-0.2, -0.15) is 0 Å². The third-order valence-electron chi connectivity index (χ3n) is 3.00. The Bertz CT molecular complexity index is 531. The number of halogens is 1. The van der Waals surface area contributed by atoms with Gasteiger partial charge in [0.1, 0.15) is 11.5 Å². The third kappa shape index (κ3) is 2.55. The number of benzene rings is 1. The maximum atomic E-state index is 6.07. The molecule has 0 amide bonds. The Morgan fingerprint density at radius 3 is 2.21 bits per heavy atom. The van der Waals surface area contributed by atoms with Crippen LogP contribution in [0, 0.1) is 0 Å². The van der Waals surface area contributed by atoms with E-state index in [1.165, 1.54) is 0 Å². The van der Waals surface area contributed by atoms with Crippen LogP contribution in [0.2, 0.25) is 5.22 Å². The van der Waals surface area contributed by atoms with Crippen molar-refractivity contribution in [3.63, 3.8) is 0 Å².